The van der Waals surface area contributed by atoms with E-state index in [0.29, 0.717) is 5.56 Å². The van der Waals surface area contributed by atoms with Crippen LogP contribution in [0.5, 0.6) is 5.75 Å². The molecule has 4 heteroatoms. The maximum atomic E-state index is 13.6. The molecule has 4 aromatic carbocycles. The normalized spacial score (nSPS) is 12.9. The van der Waals surface area contributed by atoms with Gasteiger partial charge in [-0.15, -0.1) is 0 Å². The van der Waals surface area contributed by atoms with E-state index in [0.717, 1.165) is 34.4 Å². The van der Waals surface area contributed by atoms with Gasteiger partial charge >= 0.3 is 0 Å². The largest absolute Gasteiger partial charge is 0.497 e. The molecule has 34 heavy (non-hydrogen) atoms. The van der Waals surface area contributed by atoms with Crippen LogP contribution >= 0.6 is 0 Å². The third kappa shape index (κ3) is 4.42. The van der Waals surface area contributed by atoms with Crippen molar-refractivity contribution in [3.8, 4) is 16.9 Å². The van der Waals surface area contributed by atoms with Crippen molar-refractivity contribution in [2.45, 2.75) is 26.4 Å². The van der Waals surface area contributed by atoms with E-state index < -0.39 is 5.66 Å². The molecule has 0 aliphatic carbocycles. The molecule has 1 unspecified atom stereocenters. The predicted molar refractivity (Wildman–Crippen MR) is 140 cm³/mol. The summed E-state index contributed by atoms with van der Waals surface area (Å²) in [5, 5.41) is 5.89. The van der Waals surface area contributed by atoms with Crippen LogP contribution in [0.4, 0.5) is 0 Å². The van der Waals surface area contributed by atoms with Crippen LogP contribution in [0.15, 0.2) is 84.9 Å². The SMILES string of the molecule is CCNC(C)(c1cccc2cc(C)ccc12)N(C)C(=O)c1ccc(-c2ccc(OC)cc2)cc1. The fourth-order valence-corrected chi connectivity index (χ4v) is 4.55. The standard InChI is InChI=1S/C30H32N2O2/c1-6-31-30(3,28-9-7-8-25-20-21(2)10-19-27(25)28)32(4)29(33)24-13-11-22(12-14-24)23-15-17-26(34-5)18-16-23/h7-20,31H,6H2,1-5H3. The minimum atomic E-state index is -0.671. The number of hydrogen-bond donors (Lipinski definition) is 1. The zero-order chi connectivity index (χ0) is 24.3. The average molecular weight is 453 g/mol. The van der Waals surface area contributed by atoms with Gasteiger partial charge in [0.1, 0.15) is 11.4 Å². The van der Waals surface area contributed by atoms with Gasteiger partial charge in [-0.05, 0) is 72.1 Å². The predicted octanol–water partition coefficient (Wildman–Crippen LogP) is 6.38. The number of carbonyl (C=O) groups is 1. The second kappa shape index (κ2) is 9.70. The molecule has 4 aromatic rings. The van der Waals surface area contributed by atoms with E-state index in [2.05, 4.69) is 62.5 Å². The third-order valence-corrected chi connectivity index (χ3v) is 6.61. The van der Waals surface area contributed by atoms with Crippen LogP contribution in [-0.2, 0) is 5.66 Å². The first-order chi connectivity index (χ1) is 16.4. The number of fused-ring (bicyclic) bond motifs is 1. The summed E-state index contributed by atoms with van der Waals surface area (Å²) >= 11 is 0. The lowest BCUT2D eigenvalue weighted by atomic mass is 9.92. The van der Waals surface area contributed by atoms with Gasteiger partial charge in [0.05, 0.1) is 7.11 Å². The van der Waals surface area contributed by atoms with Gasteiger partial charge in [-0.2, -0.15) is 0 Å². The summed E-state index contributed by atoms with van der Waals surface area (Å²) in [5.74, 6) is 0.789. The lowest BCUT2D eigenvalue weighted by molar-refractivity contribution is 0.0510. The molecule has 0 radical (unpaired) electrons. The second-order valence-corrected chi connectivity index (χ2v) is 8.80. The molecular weight excluding hydrogens is 420 g/mol. The summed E-state index contributed by atoms with van der Waals surface area (Å²) in [6, 6.07) is 28.5. The number of benzene rings is 4. The molecule has 0 heterocycles. The zero-order valence-corrected chi connectivity index (χ0v) is 20.6. The first kappa shape index (κ1) is 23.5. The monoisotopic (exact) mass is 452 g/mol. The van der Waals surface area contributed by atoms with E-state index in [4.69, 9.17) is 4.74 Å². The zero-order valence-electron chi connectivity index (χ0n) is 20.6. The Kier molecular flexibility index (Phi) is 6.71. The highest BCUT2D eigenvalue weighted by Crippen LogP contribution is 2.33. The maximum Gasteiger partial charge on any atom is 0.255 e. The second-order valence-electron chi connectivity index (χ2n) is 8.80. The fraction of sp³-hybridized carbons (Fsp3) is 0.233. The highest BCUT2D eigenvalue weighted by molar-refractivity contribution is 5.96. The van der Waals surface area contributed by atoms with Gasteiger partial charge in [-0.1, -0.05) is 73.2 Å². The van der Waals surface area contributed by atoms with Crippen molar-refractivity contribution in [3.05, 3.63) is 102 Å². The molecule has 4 rings (SSSR count). The molecule has 0 aromatic heterocycles. The highest BCUT2D eigenvalue weighted by atomic mass is 16.5. The first-order valence-electron chi connectivity index (χ1n) is 11.6. The minimum absolute atomic E-state index is 0.0335. The molecule has 174 valence electrons. The van der Waals surface area contributed by atoms with Gasteiger partial charge in [0.25, 0.3) is 5.91 Å². The molecule has 1 amide bonds. The summed E-state index contributed by atoms with van der Waals surface area (Å²) in [6.07, 6.45) is 0. The maximum absolute atomic E-state index is 13.6. The van der Waals surface area contributed by atoms with Gasteiger partial charge in [0, 0.05) is 12.6 Å². The van der Waals surface area contributed by atoms with Crippen LogP contribution in [0, 0.1) is 6.92 Å². The summed E-state index contributed by atoms with van der Waals surface area (Å²) in [4.78, 5) is 15.4. The van der Waals surface area contributed by atoms with Crippen LogP contribution in [0.25, 0.3) is 21.9 Å². The molecule has 1 atom stereocenters. The average Bonchev–Trinajstić information content (AvgIpc) is 2.87. The van der Waals surface area contributed by atoms with Crippen LogP contribution in [0.1, 0.15) is 35.3 Å². The summed E-state index contributed by atoms with van der Waals surface area (Å²) in [5.41, 5.74) is 4.42. The van der Waals surface area contributed by atoms with E-state index in [1.807, 2.05) is 60.5 Å². The van der Waals surface area contributed by atoms with Crippen LogP contribution in [0.3, 0.4) is 0 Å². The molecule has 1 N–H and O–H groups in total. The van der Waals surface area contributed by atoms with E-state index in [1.54, 1.807) is 7.11 Å². The van der Waals surface area contributed by atoms with E-state index >= 15 is 0 Å². The number of methoxy groups -OCH3 is 1. The Morgan fingerprint density at radius 2 is 1.59 bits per heavy atom. The number of nitrogens with zero attached hydrogens (tertiary/aromatic N) is 1. The van der Waals surface area contributed by atoms with Crippen LogP contribution in [-0.4, -0.2) is 31.5 Å². The van der Waals surface area contributed by atoms with E-state index in [9.17, 15) is 4.79 Å². The Hall–Kier alpha value is -3.63. The number of amides is 1. The molecule has 4 nitrogen and oxygen atoms in total. The topological polar surface area (TPSA) is 41.6 Å². The van der Waals surface area contributed by atoms with Crippen molar-refractivity contribution < 1.29 is 9.53 Å². The van der Waals surface area contributed by atoms with E-state index in [1.165, 1.54) is 10.9 Å². The molecule has 0 saturated carbocycles. The summed E-state index contributed by atoms with van der Waals surface area (Å²) < 4.78 is 5.25. The molecular formula is C30H32N2O2. The molecule has 0 aliphatic heterocycles. The fourth-order valence-electron chi connectivity index (χ4n) is 4.55. The Morgan fingerprint density at radius 3 is 2.21 bits per heavy atom. The Morgan fingerprint density at radius 1 is 0.941 bits per heavy atom. The van der Waals surface area contributed by atoms with Gasteiger partial charge in [-0.3, -0.25) is 10.1 Å². The summed E-state index contributed by atoms with van der Waals surface area (Å²) in [6.45, 7) is 6.97. The van der Waals surface area contributed by atoms with Crippen molar-refractivity contribution in [2.24, 2.45) is 0 Å². The molecule has 0 fully saturated rings. The molecule has 0 saturated heterocycles. The van der Waals surface area contributed by atoms with Crippen molar-refractivity contribution in [3.63, 3.8) is 0 Å². The van der Waals surface area contributed by atoms with Gasteiger partial charge in [0.15, 0.2) is 0 Å². The lowest BCUT2D eigenvalue weighted by Gasteiger charge is -2.41. The summed E-state index contributed by atoms with van der Waals surface area (Å²) in [7, 11) is 3.53. The minimum Gasteiger partial charge on any atom is -0.497 e. The first-order valence-corrected chi connectivity index (χ1v) is 11.6. The Bertz CT molecular complexity index is 1300. The molecule has 0 aliphatic rings. The van der Waals surface area contributed by atoms with Gasteiger partial charge in [0.2, 0.25) is 0 Å². The lowest BCUT2D eigenvalue weighted by Crippen LogP contribution is -2.54. The Balaban J connectivity index is 1.66. The quantitative estimate of drug-likeness (QED) is 0.331. The van der Waals surface area contributed by atoms with E-state index in [-0.39, 0.29) is 5.91 Å². The number of aryl methyl sites for hydroxylation is 1. The molecule has 0 spiro atoms. The smallest absolute Gasteiger partial charge is 0.255 e. The van der Waals surface area contributed by atoms with Crippen LogP contribution in [0.2, 0.25) is 0 Å². The highest BCUT2D eigenvalue weighted by Gasteiger charge is 2.35. The number of ether oxygens (including phenoxy) is 1. The van der Waals surface area contributed by atoms with Crippen LogP contribution < -0.4 is 10.1 Å². The Labute approximate surface area is 202 Å². The number of rotatable bonds is 7. The number of hydrogen-bond acceptors (Lipinski definition) is 3. The van der Waals surface area contributed by atoms with Crippen molar-refractivity contribution in [2.75, 3.05) is 20.7 Å². The third-order valence-electron chi connectivity index (χ3n) is 6.61. The van der Waals surface area contributed by atoms with Gasteiger partial charge in [-0.25, -0.2) is 0 Å². The number of carbonyl (C=O) groups excluding carboxylic acids is 1. The van der Waals surface area contributed by atoms with Crippen molar-refractivity contribution >= 4 is 16.7 Å². The molecule has 0 bridgehead atoms. The van der Waals surface area contributed by atoms with Crippen molar-refractivity contribution in [1.82, 2.24) is 10.2 Å². The number of nitrogens with one attached hydrogen (secondary N) is 1. The van der Waals surface area contributed by atoms with Gasteiger partial charge < -0.3 is 9.64 Å². The van der Waals surface area contributed by atoms with Crippen molar-refractivity contribution in [1.29, 1.82) is 0 Å².